The molecule has 0 aliphatic carbocycles. The maximum Gasteiger partial charge on any atom is 0.247 e. The van der Waals surface area contributed by atoms with Gasteiger partial charge in [-0.3, -0.25) is 57.7 Å². The summed E-state index contributed by atoms with van der Waals surface area (Å²) in [5.74, 6) is -10.7. The van der Waals surface area contributed by atoms with Gasteiger partial charge in [-0.15, -0.1) is 0 Å². The van der Waals surface area contributed by atoms with Crippen molar-refractivity contribution in [2.45, 2.75) is 99.7 Å². The third-order valence-electron chi connectivity index (χ3n) is 12.4. The predicted molar refractivity (Wildman–Crippen MR) is 288 cm³/mol. The standard InChI is InChI=1S/C49H65N15O12S2/c50-30-23-77-78-24-35(48(76)64-19-5-11-36(64)46(74)58-31(10-4-18-56-49(54)55)42(70)57-22-39(53)68)62-44(72)34(21-38(52)67)61-43(71)32(16-17-37(51)66)59-47(75)40(29-9-3-7-26-6-1-2-8-28(26)29)63-45(73)33(60-41(30)69)20-25-12-14-27(65)15-13-25/h1-3,6-9,12-15,30-36,40,65H,4-5,10-11,16-24,50H2,(H2,51,66)(H2,52,67)(H2,53,68)(H,57,70)(H,58,74)(H,59,75)(H,60,69)(H,61,71)(H,62,72)(H,63,73)(H4,54,55,56)/t30-,31-,32-,33?,34?,35-,36-,40-/m0/s1. The summed E-state index contributed by atoms with van der Waals surface area (Å²) in [6, 6.07) is 5.91. The quantitative estimate of drug-likeness (QED) is 0.0249. The number of amides is 11. The van der Waals surface area contributed by atoms with Crippen LogP contribution in [0.15, 0.2) is 71.7 Å². The van der Waals surface area contributed by atoms with Crippen molar-refractivity contribution in [1.82, 2.24) is 42.1 Å². The van der Waals surface area contributed by atoms with Gasteiger partial charge in [-0.25, -0.2) is 0 Å². The van der Waals surface area contributed by atoms with E-state index in [1.165, 1.54) is 29.2 Å². The Morgan fingerprint density at radius 3 is 2.08 bits per heavy atom. The van der Waals surface area contributed by atoms with Crippen molar-refractivity contribution in [2.75, 3.05) is 31.1 Å². The zero-order valence-electron chi connectivity index (χ0n) is 42.3. The minimum Gasteiger partial charge on any atom is -0.508 e. The fourth-order valence-corrected chi connectivity index (χ4v) is 10.8. The Morgan fingerprint density at radius 1 is 0.731 bits per heavy atom. The molecule has 27 nitrogen and oxygen atoms in total. The van der Waals surface area contributed by atoms with Crippen LogP contribution < -0.4 is 71.6 Å². The molecule has 2 aliphatic heterocycles. The van der Waals surface area contributed by atoms with Crippen molar-refractivity contribution in [3.8, 4) is 5.75 Å². The number of carbonyl (C=O) groups excluding carboxylic acids is 11. The number of likely N-dealkylation sites (tertiary alicyclic amines) is 1. The molecular weight excluding hydrogens is 1050 g/mol. The summed E-state index contributed by atoms with van der Waals surface area (Å²) in [6.07, 6.45) is -1.33. The van der Waals surface area contributed by atoms with Gasteiger partial charge in [0.2, 0.25) is 65.0 Å². The topological polar surface area (TPSA) is 464 Å². The second-order valence-corrected chi connectivity index (χ2v) is 20.9. The maximum atomic E-state index is 14.7. The Bertz CT molecular complexity index is 2740. The normalized spacial score (nSPS) is 22.2. The van der Waals surface area contributed by atoms with E-state index in [1.807, 2.05) is 0 Å². The molecule has 0 radical (unpaired) electrons. The number of nitrogens with two attached hydrogens (primary N) is 6. The lowest BCUT2D eigenvalue weighted by atomic mass is 9.96. The van der Waals surface area contributed by atoms with Crippen molar-refractivity contribution in [3.63, 3.8) is 0 Å². The van der Waals surface area contributed by atoms with Gasteiger partial charge in [0.15, 0.2) is 5.96 Å². The Labute approximate surface area is 455 Å². The predicted octanol–water partition coefficient (Wildman–Crippen LogP) is -4.12. The summed E-state index contributed by atoms with van der Waals surface area (Å²) in [5, 5.41) is 29.1. The van der Waals surface area contributed by atoms with E-state index in [9.17, 15) is 57.8 Å². The van der Waals surface area contributed by atoms with Crippen molar-refractivity contribution < 1.29 is 57.8 Å². The smallest absolute Gasteiger partial charge is 0.247 e. The highest BCUT2D eigenvalue weighted by Crippen LogP contribution is 2.28. The third kappa shape index (κ3) is 18.2. The van der Waals surface area contributed by atoms with E-state index in [2.05, 4.69) is 42.2 Å². The third-order valence-corrected chi connectivity index (χ3v) is 14.9. The van der Waals surface area contributed by atoms with Gasteiger partial charge in [-0.2, -0.15) is 0 Å². The van der Waals surface area contributed by atoms with E-state index < -0.39 is 139 Å². The van der Waals surface area contributed by atoms with E-state index in [-0.39, 0.29) is 67.6 Å². The minimum atomic E-state index is -1.82. The molecule has 11 amide bonds. The highest BCUT2D eigenvalue weighted by Gasteiger charge is 2.41. The Morgan fingerprint density at radius 2 is 1.38 bits per heavy atom. The number of hydrogen-bond donors (Lipinski definition) is 14. The molecule has 2 unspecified atom stereocenters. The molecule has 29 heteroatoms. The van der Waals surface area contributed by atoms with Crippen molar-refractivity contribution in [3.05, 3.63) is 77.9 Å². The maximum absolute atomic E-state index is 14.7. The van der Waals surface area contributed by atoms with E-state index in [1.54, 1.807) is 42.5 Å². The minimum absolute atomic E-state index is 0.00239. The first-order valence-electron chi connectivity index (χ1n) is 24.7. The number of nitrogens with zero attached hydrogens (tertiary/aromatic N) is 2. The molecule has 2 aliphatic rings. The van der Waals surface area contributed by atoms with E-state index in [0.29, 0.717) is 22.8 Å². The molecule has 3 aromatic rings. The lowest BCUT2D eigenvalue weighted by Crippen LogP contribution is -2.60. The number of nitrogens with one attached hydrogen (secondary N) is 7. The number of rotatable bonds is 18. The average Bonchev–Trinajstić information content (AvgIpc) is 3.90. The van der Waals surface area contributed by atoms with Gasteiger partial charge < -0.3 is 81.6 Å². The molecule has 5 rings (SSSR count). The Hall–Kier alpha value is -8.18. The van der Waals surface area contributed by atoms with Gasteiger partial charge in [0.05, 0.1) is 19.0 Å². The number of fused-ring (bicyclic) bond motifs is 1. The van der Waals surface area contributed by atoms with Crippen molar-refractivity contribution >= 4 is 103 Å². The van der Waals surface area contributed by atoms with Gasteiger partial charge >= 0.3 is 0 Å². The zero-order chi connectivity index (χ0) is 57.1. The number of phenolic OH excluding ortho intramolecular Hbond substituents is 1. The SMILES string of the molecule is NC(=O)CC[C@@H]1NC(=O)[C@H](c2cccc3ccccc23)NC(=O)C(Cc2ccc(O)cc2)NC(=O)[C@@H](N)CSSC[C@@H](C(=O)N2CCC[C@H]2C(=O)N[C@@H](CCCN=C(N)N)C(=O)NCC(N)=O)NC(=O)C(CC(N)=O)NC1=O. The highest BCUT2D eigenvalue weighted by atomic mass is 33.1. The van der Waals surface area contributed by atoms with Crippen LogP contribution in [0.5, 0.6) is 5.75 Å². The van der Waals surface area contributed by atoms with E-state index >= 15 is 0 Å². The lowest BCUT2D eigenvalue weighted by Gasteiger charge is -2.31. The molecule has 78 heavy (non-hydrogen) atoms. The summed E-state index contributed by atoms with van der Waals surface area (Å²) in [5.41, 5.74) is 34.3. The zero-order valence-corrected chi connectivity index (χ0v) is 43.9. The summed E-state index contributed by atoms with van der Waals surface area (Å²) >= 11 is 0. The number of phenols is 1. The molecule has 2 heterocycles. The van der Waals surface area contributed by atoms with Crippen LogP contribution in [0.1, 0.15) is 62.1 Å². The van der Waals surface area contributed by atoms with E-state index in [4.69, 9.17) is 34.4 Å². The largest absolute Gasteiger partial charge is 0.508 e. The number of hydrogen-bond acceptors (Lipinski definition) is 16. The van der Waals surface area contributed by atoms with Crippen LogP contribution in [-0.2, 0) is 59.2 Å². The monoisotopic (exact) mass is 1120 g/mol. The van der Waals surface area contributed by atoms with Crippen LogP contribution in [-0.4, -0.2) is 154 Å². The first-order valence-corrected chi connectivity index (χ1v) is 27.2. The van der Waals surface area contributed by atoms with Crippen LogP contribution in [0.3, 0.4) is 0 Å². The number of guanidine groups is 1. The molecule has 420 valence electrons. The number of aromatic hydroxyl groups is 1. The fraction of sp³-hybridized carbons (Fsp3) is 0.429. The summed E-state index contributed by atoms with van der Waals surface area (Å²) in [4.78, 5) is 155. The first-order chi connectivity index (χ1) is 37.1. The van der Waals surface area contributed by atoms with Crippen LogP contribution in [0, 0.1) is 0 Å². The summed E-state index contributed by atoms with van der Waals surface area (Å²) in [7, 11) is 1.99. The van der Waals surface area contributed by atoms with Crippen LogP contribution in [0.2, 0.25) is 0 Å². The molecular formula is C49H65N15O12S2. The Balaban J connectivity index is 1.51. The van der Waals surface area contributed by atoms with Gasteiger partial charge in [0.25, 0.3) is 0 Å². The summed E-state index contributed by atoms with van der Waals surface area (Å²) in [6.45, 7) is -0.454. The highest BCUT2D eigenvalue weighted by molar-refractivity contribution is 8.76. The number of primary amides is 3. The summed E-state index contributed by atoms with van der Waals surface area (Å²) < 4.78 is 0. The number of benzene rings is 3. The first kappa shape index (κ1) is 60.7. The molecule has 0 bridgehead atoms. The van der Waals surface area contributed by atoms with Crippen molar-refractivity contribution in [2.24, 2.45) is 39.4 Å². The van der Waals surface area contributed by atoms with Crippen LogP contribution in [0.25, 0.3) is 10.8 Å². The average molecular weight is 1120 g/mol. The number of aliphatic imine (C=N–C) groups is 1. The Kier molecular flexibility index (Phi) is 22.8. The second-order valence-electron chi connectivity index (χ2n) is 18.4. The van der Waals surface area contributed by atoms with Gasteiger partial charge in [-0.1, -0.05) is 76.2 Å². The fourth-order valence-electron chi connectivity index (χ4n) is 8.48. The van der Waals surface area contributed by atoms with Crippen molar-refractivity contribution in [1.29, 1.82) is 0 Å². The molecule has 8 atom stereocenters. The lowest BCUT2D eigenvalue weighted by molar-refractivity contribution is -0.142. The molecule has 0 spiro atoms. The molecule has 0 aromatic heterocycles. The number of carbonyl (C=O) groups is 11. The second kappa shape index (κ2) is 29.4. The van der Waals surface area contributed by atoms with Gasteiger partial charge in [0.1, 0.15) is 48.0 Å². The molecule has 20 N–H and O–H groups in total. The van der Waals surface area contributed by atoms with Gasteiger partial charge in [-0.05, 0) is 66.1 Å². The molecule has 2 fully saturated rings. The van der Waals surface area contributed by atoms with Crippen LogP contribution >= 0.6 is 21.6 Å². The van der Waals surface area contributed by atoms with Gasteiger partial charge in [0, 0.05) is 37.4 Å². The molecule has 3 aromatic carbocycles. The molecule has 2 saturated heterocycles. The molecule has 0 saturated carbocycles. The van der Waals surface area contributed by atoms with E-state index in [0.717, 1.165) is 21.6 Å². The van der Waals surface area contributed by atoms with Crippen LogP contribution in [0.4, 0.5) is 0 Å².